The van der Waals surface area contributed by atoms with Gasteiger partial charge >= 0.3 is 0 Å². The van der Waals surface area contributed by atoms with Crippen LogP contribution in [0.1, 0.15) is 41.6 Å². The largest absolute Gasteiger partial charge is 0.490 e. The van der Waals surface area contributed by atoms with Gasteiger partial charge < -0.3 is 9.47 Å². The maximum atomic E-state index is 6.47. The van der Waals surface area contributed by atoms with Gasteiger partial charge in [-0.3, -0.25) is 0 Å². The molecule has 6 heteroatoms. The smallest absolute Gasteiger partial charge is 0.214 e. The Balaban J connectivity index is 1.63. The van der Waals surface area contributed by atoms with Crippen LogP contribution in [0.4, 0.5) is 0 Å². The van der Waals surface area contributed by atoms with E-state index in [1.165, 1.54) is 4.88 Å². The number of ether oxygens (including phenoxy) is 2. The Morgan fingerprint density at radius 3 is 2.89 bits per heavy atom. The first-order valence-electron chi connectivity index (χ1n) is 9.32. The highest BCUT2D eigenvalue weighted by atomic mass is 35.5. The number of thiophene rings is 1. The van der Waals surface area contributed by atoms with E-state index in [0.29, 0.717) is 11.6 Å². The van der Waals surface area contributed by atoms with Gasteiger partial charge in [0.2, 0.25) is 6.23 Å². The molecule has 3 heterocycles. The van der Waals surface area contributed by atoms with E-state index in [-0.39, 0.29) is 12.3 Å². The van der Waals surface area contributed by atoms with Crippen LogP contribution in [-0.4, -0.2) is 17.3 Å². The van der Waals surface area contributed by atoms with Crippen LogP contribution in [0.2, 0.25) is 5.02 Å². The number of halogens is 1. The quantitative estimate of drug-likeness (QED) is 0.525. The minimum absolute atomic E-state index is 0.102. The van der Waals surface area contributed by atoms with E-state index in [1.807, 2.05) is 43.3 Å². The molecule has 0 spiro atoms. The molecule has 2 unspecified atom stereocenters. The number of nitrogens with zero attached hydrogens (tertiary/aromatic N) is 2. The van der Waals surface area contributed by atoms with Crippen molar-refractivity contribution in [2.45, 2.75) is 25.6 Å². The highest BCUT2D eigenvalue weighted by molar-refractivity contribution is 7.12. The van der Waals surface area contributed by atoms with Gasteiger partial charge in [0.25, 0.3) is 0 Å². The van der Waals surface area contributed by atoms with Crippen LogP contribution in [0.5, 0.6) is 11.5 Å². The van der Waals surface area contributed by atoms with Gasteiger partial charge in [-0.05, 0) is 36.6 Å². The van der Waals surface area contributed by atoms with Gasteiger partial charge in [0.05, 0.1) is 23.2 Å². The first-order valence-corrected chi connectivity index (χ1v) is 10.6. The van der Waals surface area contributed by atoms with Gasteiger partial charge in [0.1, 0.15) is 0 Å². The fourth-order valence-electron chi connectivity index (χ4n) is 3.82. The molecule has 0 saturated carbocycles. The summed E-state index contributed by atoms with van der Waals surface area (Å²) in [4.78, 5) is 1.20. The fraction of sp³-hybridized carbons (Fsp3) is 0.227. The zero-order chi connectivity index (χ0) is 19.1. The number of rotatable bonds is 4. The number of benzene rings is 2. The van der Waals surface area contributed by atoms with Crippen molar-refractivity contribution in [2.24, 2.45) is 5.10 Å². The predicted octanol–water partition coefficient (Wildman–Crippen LogP) is 6.04. The van der Waals surface area contributed by atoms with Crippen molar-refractivity contribution < 1.29 is 9.47 Å². The van der Waals surface area contributed by atoms with E-state index in [1.54, 1.807) is 11.3 Å². The lowest BCUT2D eigenvalue weighted by Crippen LogP contribution is -2.33. The third-order valence-electron chi connectivity index (χ3n) is 5.02. The van der Waals surface area contributed by atoms with Gasteiger partial charge in [-0.1, -0.05) is 41.9 Å². The van der Waals surface area contributed by atoms with E-state index in [4.69, 9.17) is 26.2 Å². The molecule has 3 aromatic rings. The van der Waals surface area contributed by atoms with Crippen LogP contribution in [0.15, 0.2) is 65.1 Å². The van der Waals surface area contributed by atoms with Crippen LogP contribution in [0, 0.1) is 0 Å². The van der Waals surface area contributed by atoms with E-state index in [2.05, 4.69) is 28.6 Å². The maximum absolute atomic E-state index is 6.47. The number of hydrogen-bond donors (Lipinski definition) is 0. The molecule has 0 fully saturated rings. The van der Waals surface area contributed by atoms with Crippen molar-refractivity contribution in [3.05, 3.63) is 81.0 Å². The SMILES string of the molecule is CCOc1cccc2c1OC(c1cccc(Cl)c1)N1N=C(c3cccs3)CC21. The summed E-state index contributed by atoms with van der Waals surface area (Å²) in [5.74, 6) is 1.58. The molecule has 4 nitrogen and oxygen atoms in total. The highest BCUT2D eigenvalue weighted by Crippen LogP contribution is 2.51. The van der Waals surface area contributed by atoms with Crippen LogP contribution >= 0.6 is 22.9 Å². The van der Waals surface area contributed by atoms with Crippen LogP contribution in [-0.2, 0) is 0 Å². The zero-order valence-corrected chi connectivity index (χ0v) is 16.9. The standard InChI is InChI=1S/C22H19ClN2O2S/c1-2-26-19-9-4-8-16-18-13-17(20-10-5-11-28-20)24-25(18)22(27-21(16)19)14-6-3-7-15(23)12-14/h3-12,18,22H,2,13H2,1H3. The van der Waals surface area contributed by atoms with Crippen molar-refractivity contribution in [1.82, 2.24) is 5.01 Å². The molecule has 2 atom stereocenters. The number of hydrogen-bond acceptors (Lipinski definition) is 5. The second-order valence-electron chi connectivity index (χ2n) is 6.76. The molecule has 0 bridgehead atoms. The average Bonchev–Trinajstić information content (AvgIpc) is 3.38. The summed E-state index contributed by atoms with van der Waals surface area (Å²) in [7, 11) is 0. The molecule has 2 aromatic carbocycles. The zero-order valence-electron chi connectivity index (χ0n) is 15.3. The number of hydrazone groups is 1. The summed E-state index contributed by atoms with van der Waals surface area (Å²) in [5, 5.41) is 9.80. The number of fused-ring (bicyclic) bond motifs is 3. The Kier molecular flexibility index (Phi) is 4.49. The minimum Gasteiger partial charge on any atom is -0.490 e. The Labute approximate surface area is 173 Å². The molecule has 0 N–H and O–H groups in total. The molecule has 2 aliphatic heterocycles. The minimum atomic E-state index is -0.352. The summed E-state index contributed by atoms with van der Waals surface area (Å²) >= 11 is 7.98. The molecule has 0 amide bonds. The third kappa shape index (κ3) is 2.95. The Morgan fingerprint density at radius 1 is 1.21 bits per heavy atom. The van der Waals surface area contributed by atoms with Gasteiger partial charge in [-0.2, -0.15) is 5.10 Å². The van der Waals surface area contributed by atoms with Crippen molar-refractivity contribution in [2.75, 3.05) is 6.61 Å². The molecule has 0 aliphatic carbocycles. The summed E-state index contributed by atoms with van der Waals surface area (Å²) in [6, 6.07) is 18.2. The van der Waals surface area contributed by atoms with Crippen molar-refractivity contribution in [1.29, 1.82) is 0 Å². The Bertz CT molecular complexity index is 1030. The lowest BCUT2D eigenvalue weighted by molar-refractivity contribution is -0.0212. The van der Waals surface area contributed by atoms with Gasteiger partial charge in [-0.25, -0.2) is 5.01 Å². The molecular formula is C22H19ClN2O2S. The Hall–Kier alpha value is -2.50. The van der Waals surface area contributed by atoms with E-state index in [9.17, 15) is 0 Å². The lowest BCUT2D eigenvalue weighted by atomic mass is 9.97. The van der Waals surface area contributed by atoms with Crippen LogP contribution in [0.3, 0.4) is 0 Å². The molecular weight excluding hydrogens is 392 g/mol. The summed E-state index contributed by atoms with van der Waals surface area (Å²) in [6.07, 6.45) is 0.485. The first-order chi connectivity index (χ1) is 13.7. The third-order valence-corrected chi connectivity index (χ3v) is 6.17. The summed E-state index contributed by atoms with van der Waals surface area (Å²) < 4.78 is 12.3. The molecule has 142 valence electrons. The molecule has 5 rings (SSSR count). The van der Waals surface area contributed by atoms with Crippen LogP contribution < -0.4 is 9.47 Å². The van der Waals surface area contributed by atoms with Gasteiger partial charge in [-0.15, -0.1) is 11.3 Å². The highest BCUT2D eigenvalue weighted by Gasteiger charge is 2.42. The van der Waals surface area contributed by atoms with Gasteiger partial charge in [0, 0.05) is 22.6 Å². The molecule has 0 radical (unpaired) electrons. The van der Waals surface area contributed by atoms with E-state index < -0.39 is 0 Å². The first kappa shape index (κ1) is 17.6. The maximum Gasteiger partial charge on any atom is 0.214 e. The second kappa shape index (κ2) is 7.15. The normalized spacial score (nSPS) is 20.2. The second-order valence-corrected chi connectivity index (χ2v) is 8.14. The van der Waals surface area contributed by atoms with Crippen molar-refractivity contribution in [3.63, 3.8) is 0 Å². The summed E-state index contributed by atoms with van der Waals surface area (Å²) in [5.41, 5.74) is 3.18. The topological polar surface area (TPSA) is 34.1 Å². The molecule has 0 saturated heterocycles. The van der Waals surface area contributed by atoms with E-state index in [0.717, 1.165) is 34.8 Å². The Morgan fingerprint density at radius 2 is 2.11 bits per heavy atom. The average molecular weight is 411 g/mol. The monoisotopic (exact) mass is 410 g/mol. The predicted molar refractivity (Wildman–Crippen MR) is 112 cm³/mol. The molecule has 28 heavy (non-hydrogen) atoms. The number of para-hydroxylation sites is 1. The van der Waals surface area contributed by atoms with Gasteiger partial charge in [0.15, 0.2) is 11.5 Å². The lowest BCUT2D eigenvalue weighted by Gasteiger charge is -2.38. The van der Waals surface area contributed by atoms with E-state index >= 15 is 0 Å². The van der Waals surface area contributed by atoms with Crippen LogP contribution in [0.25, 0.3) is 0 Å². The fourth-order valence-corrected chi connectivity index (χ4v) is 4.74. The van der Waals surface area contributed by atoms with Crippen molar-refractivity contribution >= 4 is 28.6 Å². The summed E-state index contributed by atoms with van der Waals surface area (Å²) in [6.45, 7) is 2.57. The molecule has 2 aliphatic rings. The molecule has 1 aromatic heterocycles. The van der Waals surface area contributed by atoms with Crippen molar-refractivity contribution in [3.8, 4) is 11.5 Å².